The van der Waals surface area contributed by atoms with Crippen LogP contribution in [0.15, 0.2) is 47.9 Å². The van der Waals surface area contributed by atoms with Gasteiger partial charge in [-0.1, -0.05) is 30.3 Å². The Kier molecular flexibility index (Phi) is 2.76. The highest BCUT2D eigenvalue weighted by Gasteiger charge is 2.14. The molecule has 0 unspecified atom stereocenters. The van der Waals surface area contributed by atoms with Gasteiger partial charge in [-0.25, -0.2) is 18.5 Å². The summed E-state index contributed by atoms with van der Waals surface area (Å²) in [6.45, 7) is 0.437. The van der Waals surface area contributed by atoms with E-state index in [9.17, 15) is 8.42 Å². The zero-order valence-electron chi connectivity index (χ0n) is 8.45. The molecular weight excluding hydrogens is 226 g/mol. The molecular formula is C10H11N3O2S. The van der Waals surface area contributed by atoms with Gasteiger partial charge in [0.1, 0.15) is 0 Å². The smallest absolute Gasteiger partial charge is 0.272 e. The minimum atomic E-state index is -3.76. The quantitative estimate of drug-likeness (QED) is 0.848. The first-order valence-electron chi connectivity index (χ1n) is 4.65. The summed E-state index contributed by atoms with van der Waals surface area (Å²) in [5.41, 5.74) is 0.991. The third kappa shape index (κ3) is 2.29. The second kappa shape index (κ2) is 4.07. The lowest BCUT2D eigenvalue weighted by Gasteiger charge is -2.05. The van der Waals surface area contributed by atoms with Crippen LogP contribution in [0.5, 0.6) is 0 Å². The van der Waals surface area contributed by atoms with E-state index in [4.69, 9.17) is 5.14 Å². The Hall–Kier alpha value is -1.66. The molecule has 1 aromatic carbocycles. The van der Waals surface area contributed by atoms with Crippen LogP contribution in [0, 0.1) is 0 Å². The number of sulfonamides is 1. The van der Waals surface area contributed by atoms with Crippen LogP contribution in [0.1, 0.15) is 5.56 Å². The Morgan fingerprint density at radius 2 is 1.94 bits per heavy atom. The number of hydrogen-bond acceptors (Lipinski definition) is 3. The summed E-state index contributed by atoms with van der Waals surface area (Å²) in [6, 6.07) is 9.50. The van der Waals surface area contributed by atoms with Crippen LogP contribution in [-0.4, -0.2) is 18.0 Å². The van der Waals surface area contributed by atoms with E-state index in [1.807, 2.05) is 30.3 Å². The number of nitrogens with two attached hydrogens (primary N) is 1. The minimum Gasteiger partial charge on any atom is -0.316 e. The van der Waals surface area contributed by atoms with Crippen LogP contribution in [0.4, 0.5) is 0 Å². The van der Waals surface area contributed by atoms with E-state index in [1.165, 1.54) is 10.8 Å². The molecule has 0 aliphatic rings. The van der Waals surface area contributed by atoms with Gasteiger partial charge in [-0.15, -0.1) is 0 Å². The molecule has 0 aliphatic heterocycles. The van der Waals surface area contributed by atoms with E-state index in [1.54, 1.807) is 6.20 Å². The zero-order valence-corrected chi connectivity index (χ0v) is 9.26. The number of primary sulfonamides is 1. The summed E-state index contributed by atoms with van der Waals surface area (Å²) in [5.74, 6) is 0. The summed E-state index contributed by atoms with van der Waals surface area (Å²) in [5, 5.41) is 4.93. The van der Waals surface area contributed by atoms with E-state index in [0.29, 0.717) is 6.54 Å². The van der Waals surface area contributed by atoms with Crippen molar-refractivity contribution < 1.29 is 8.42 Å². The van der Waals surface area contributed by atoms with Gasteiger partial charge in [-0.05, 0) is 5.56 Å². The summed E-state index contributed by atoms with van der Waals surface area (Å²) in [6.07, 6.45) is 3.01. The van der Waals surface area contributed by atoms with Gasteiger partial charge in [-0.2, -0.15) is 0 Å². The van der Waals surface area contributed by atoms with Crippen LogP contribution in [0.3, 0.4) is 0 Å². The predicted molar refractivity (Wildman–Crippen MR) is 59.1 cm³/mol. The lowest BCUT2D eigenvalue weighted by Crippen LogP contribution is -2.18. The van der Waals surface area contributed by atoms with E-state index in [2.05, 4.69) is 4.98 Å². The topological polar surface area (TPSA) is 78.0 Å². The maximum atomic E-state index is 11.2. The van der Waals surface area contributed by atoms with E-state index in [-0.39, 0.29) is 5.16 Å². The first-order chi connectivity index (χ1) is 7.57. The van der Waals surface area contributed by atoms with E-state index >= 15 is 0 Å². The molecule has 5 nitrogen and oxygen atoms in total. The Balaban J connectivity index is 2.34. The van der Waals surface area contributed by atoms with Crippen LogP contribution in [-0.2, 0) is 16.6 Å². The van der Waals surface area contributed by atoms with Crippen molar-refractivity contribution in [1.82, 2.24) is 9.55 Å². The van der Waals surface area contributed by atoms with Crippen molar-refractivity contribution in [2.45, 2.75) is 11.7 Å². The standard InChI is InChI=1S/C10H11N3O2S/c11-16(14,15)10-12-6-7-13(10)8-9-4-2-1-3-5-9/h1-7H,8H2,(H2,11,14,15). The van der Waals surface area contributed by atoms with Crippen LogP contribution >= 0.6 is 0 Å². The Bertz CT molecular complexity index is 575. The molecule has 1 heterocycles. The van der Waals surface area contributed by atoms with Crippen molar-refractivity contribution in [1.29, 1.82) is 0 Å². The normalized spacial score (nSPS) is 11.6. The molecule has 2 rings (SSSR count). The minimum absolute atomic E-state index is 0.114. The van der Waals surface area contributed by atoms with Crippen LogP contribution in [0.2, 0.25) is 0 Å². The molecule has 0 saturated heterocycles. The third-order valence-electron chi connectivity index (χ3n) is 2.13. The maximum absolute atomic E-state index is 11.2. The van der Waals surface area contributed by atoms with Crippen LogP contribution in [0.25, 0.3) is 0 Å². The van der Waals surface area contributed by atoms with Crippen molar-refractivity contribution in [2.24, 2.45) is 5.14 Å². The Morgan fingerprint density at radius 3 is 2.56 bits per heavy atom. The fourth-order valence-electron chi connectivity index (χ4n) is 1.45. The molecule has 2 N–H and O–H groups in total. The Labute approximate surface area is 93.6 Å². The van der Waals surface area contributed by atoms with Gasteiger partial charge in [0.25, 0.3) is 10.0 Å². The van der Waals surface area contributed by atoms with Crippen molar-refractivity contribution in [3.05, 3.63) is 48.3 Å². The highest BCUT2D eigenvalue weighted by molar-refractivity contribution is 7.89. The lowest BCUT2D eigenvalue weighted by atomic mass is 10.2. The lowest BCUT2D eigenvalue weighted by molar-refractivity contribution is 0.574. The second-order valence-corrected chi connectivity index (χ2v) is 4.82. The number of imidazole rings is 1. The molecule has 0 atom stereocenters. The number of benzene rings is 1. The molecule has 0 aliphatic carbocycles. The molecule has 1 aromatic heterocycles. The molecule has 0 amide bonds. The molecule has 0 fully saturated rings. The summed E-state index contributed by atoms with van der Waals surface area (Å²) in [4.78, 5) is 3.73. The van der Waals surface area contributed by atoms with Gasteiger partial charge in [0.2, 0.25) is 5.16 Å². The number of nitrogens with zero attached hydrogens (tertiary/aromatic N) is 2. The Morgan fingerprint density at radius 1 is 1.25 bits per heavy atom. The first kappa shape index (κ1) is 10.8. The molecule has 0 radical (unpaired) electrons. The average Bonchev–Trinajstić information content (AvgIpc) is 2.67. The average molecular weight is 237 g/mol. The SMILES string of the molecule is NS(=O)(=O)c1nccn1Cc1ccccc1. The maximum Gasteiger partial charge on any atom is 0.272 e. The van der Waals surface area contributed by atoms with E-state index in [0.717, 1.165) is 5.56 Å². The fourth-order valence-corrected chi connectivity index (χ4v) is 2.11. The van der Waals surface area contributed by atoms with Crippen molar-refractivity contribution in [3.8, 4) is 0 Å². The van der Waals surface area contributed by atoms with Crippen molar-refractivity contribution in [2.75, 3.05) is 0 Å². The highest BCUT2D eigenvalue weighted by atomic mass is 32.2. The predicted octanol–water partition coefficient (Wildman–Crippen LogP) is 0.579. The largest absolute Gasteiger partial charge is 0.316 e. The summed E-state index contributed by atoms with van der Waals surface area (Å²) >= 11 is 0. The molecule has 2 aromatic rings. The molecule has 0 saturated carbocycles. The molecule has 0 bridgehead atoms. The molecule has 0 spiro atoms. The van der Waals surface area contributed by atoms with Gasteiger partial charge in [0.15, 0.2) is 0 Å². The second-order valence-electron chi connectivity index (χ2n) is 3.37. The summed E-state index contributed by atoms with van der Waals surface area (Å²) in [7, 11) is -3.76. The number of hydrogen-bond donors (Lipinski definition) is 1. The third-order valence-corrected chi connectivity index (χ3v) is 2.98. The molecule has 6 heteroatoms. The molecule has 84 valence electrons. The first-order valence-corrected chi connectivity index (χ1v) is 6.20. The molecule has 16 heavy (non-hydrogen) atoms. The number of rotatable bonds is 3. The monoisotopic (exact) mass is 237 g/mol. The number of aromatic nitrogens is 2. The van der Waals surface area contributed by atoms with Gasteiger partial charge < -0.3 is 4.57 Å². The van der Waals surface area contributed by atoms with Gasteiger partial charge in [0.05, 0.1) is 0 Å². The summed E-state index contributed by atoms with van der Waals surface area (Å²) < 4.78 is 23.9. The van der Waals surface area contributed by atoms with Gasteiger partial charge in [-0.3, -0.25) is 0 Å². The highest BCUT2D eigenvalue weighted by Crippen LogP contribution is 2.08. The van der Waals surface area contributed by atoms with Crippen molar-refractivity contribution >= 4 is 10.0 Å². The van der Waals surface area contributed by atoms with Gasteiger partial charge >= 0.3 is 0 Å². The van der Waals surface area contributed by atoms with E-state index < -0.39 is 10.0 Å². The van der Waals surface area contributed by atoms with Crippen molar-refractivity contribution in [3.63, 3.8) is 0 Å². The fraction of sp³-hybridized carbons (Fsp3) is 0.100. The van der Waals surface area contributed by atoms with Gasteiger partial charge in [0, 0.05) is 18.9 Å². The zero-order chi connectivity index (χ0) is 11.6. The van der Waals surface area contributed by atoms with Crippen LogP contribution < -0.4 is 5.14 Å².